The lowest BCUT2D eigenvalue weighted by Gasteiger charge is -2.11. The molecule has 0 saturated carbocycles. The van der Waals surface area contributed by atoms with Crippen LogP contribution >= 0.6 is 11.3 Å². The van der Waals surface area contributed by atoms with E-state index >= 15 is 0 Å². The second kappa shape index (κ2) is 14.0. The minimum atomic E-state index is 0.632. The van der Waals surface area contributed by atoms with Crippen LogP contribution in [-0.2, 0) is 0 Å². The summed E-state index contributed by atoms with van der Waals surface area (Å²) in [6.45, 7) is 0. The fourth-order valence-corrected chi connectivity index (χ4v) is 8.13. The number of thiophene rings is 1. The van der Waals surface area contributed by atoms with E-state index in [0.29, 0.717) is 17.5 Å². The van der Waals surface area contributed by atoms with Crippen LogP contribution in [0.15, 0.2) is 188 Å². The van der Waals surface area contributed by atoms with E-state index in [0.717, 1.165) is 77.2 Å². The SMILES string of the molecule is c1ccc(-c2nc(-c3ccccc3)nc(-c3cccc(-c4cccc(-c5ccc(-c6nc(-c7ccccc7)c7sc8ccccc8c7n6)cc5)c4)c3)n2)cc1. The summed E-state index contributed by atoms with van der Waals surface area (Å²) in [5, 5.41) is 1.16. The normalized spacial score (nSPS) is 11.3. The third kappa shape index (κ3) is 6.35. The van der Waals surface area contributed by atoms with Gasteiger partial charge in [-0.05, 0) is 40.5 Å². The van der Waals surface area contributed by atoms with Gasteiger partial charge < -0.3 is 0 Å². The summed E-state index contributed by atoms with van der Waals surface area (Å²) in [7, 11) is 0. The zero-order valence-corrected chi connectivity index (χ0v) is 30.4. The van der Waals surface area contributed by atoms with Gasteiger partial charge in [0.05, 0.1) is 15.9 Å². The summed E-state index contributed by atoms with van der Waals surface area (Å²) in [5.41, 5.74) is 11.3. The first-order valence-electron chi connectivity index (χ1n) is 18.2. The molecule has 0 atom stereocenters. The van der Waals surface area contributed by atoms with Crippen LogP contribution in [0.3, 0.4) is 0 Å². The zero-order chi connectivity index (χ0) is 36.6. The number of hydrogen-bond acceptors (Lipinski definition) is 6. The van der Waals surface area contributed by atoms with Gasteiger partial charge in [-0.25, -0.2) is 24.9 Å². The molecule has 10 aromatic rings. The van der Waals surface area contributed by atoms with E-state index < -0.39 is 0 Å². The largest absolute Gasteiger partial charge is 0.226 e. The summed E-state index contributed by atoms with van der Waals surface area (Å²) >= 11 is 1.75. The third-order valence-electron chi connectivity index (χ3n) is 9.76. The maximum absolute atomic E-state index is 5.16. The molecule has 0 saturated heterocycles. The van der Waals surface area contributed by atoms with Crippen LogP contribution in [0.4, 0.5) is 0 Å². The van der Waals surface area contributed by atoms with Crippen LogP contribution in [0.2, 0.25) is 0 Å². The van der Waals surface area contributed by atoms with Gasteiger partial charge >= 0.3 is 0 Å². The molecular weight excluding hydrogens is 691 g/mol. The Hall–Kier alpha value is -7.15. The number of fused-ring (bicyclic) bond motifs is 3. The molecule has 0 bridgehead atoms. The van der Waals surface area contributed by atoms with Crippen molar-refractivity contribution < 1.29 is 0 Å². The third-order valence-corrected chi connectivity index (χ3v) is 10.9. The molecule has 0 radical (unpaired) electrons. The van der Waals surface area contributed by atoms with E-state index in [1.807, 2.05) is 66.7 Å². The lowest BCUT2D eigenvalue weighted by atomic mass is 9.97. The molecule has 6 heteroatoms. The van der Waals surface area contributed by atoms with Crippen molar-refractivity contribution in [2.45, 2.75) is 0 Å². The van der Waals surface area contributed by atoms with E-state index in [2.05, 4.69) is 121 Å². The maximum Gasteiger partial charge on any atom is 0.164 e. The Kier molecular flexibility index (Phi) is 8.28. The predicted octanol–water partition coefficient (Wildman–Crippen LogP) is 12.7. The van der Waals surface area contributed by atoms with Crippen molar-refractivity contribution >= 4 is 31.6 Å². The fraction of sp³-hybridized carbons (Fsp3) is 0. The molecule has 55 heavy (non-hydrogen) atoms. The molecule has 5 nitrogen and oxygen atoms in total. The average Bonchev–Trinajstić information content (AvgIpc) is 3.66. The molecular formula is C49H31N5S. The molecule has 0 spiro atoms. The fourth-order valence-electron chi connectivity index (χ4n) is 6.98. The van der Waals surface area contributed by atoms with Crippen molar-refractivity contribution in [3.8, 4) is 79.1 Å². The highest BCUT2D eigenvalue weighted by Gasteiger charge is 2.17. The van der Waals surface area contributed by atoms with Crippen LogP contribution < -0.4 is 0 Å². The second-order valence-corrected chi connectivity index (χ2v) is 14.4. The minimum absolute atomic E-state index is 0.632. The monoisotopic (exact) mass is 721 g/mol. The zero-order valence-electron chi connectivity index (χ0n) is 29.5. The quantitative estimate of drug-likeness (QED) is 0.164. The predicted molar refractivity (Wildman–Crippen MR) is 226 cm³/mol. The molecule has 0 aliphatic carbocycles. The van der Waals surface area contributed by atoms with Crippen molar-refractivity contribution in [3.63, 3.8) is 0 Å². The summed E-state index contributed by atoms with van der Waals surface area (Å²) in [5.74, 6) is 2.64. The molecule has 3 aromatic heterocycles. The van der Waals surface area contributed by atoms with E-state index in [4.69, 9.17) is 24.9 Å². The van der Waals surface area contributed by atoms with Gasteiger partial charge in [-0.15, -0.1) is 11.3 Å². The van der Waals surface area contributed by atoms with Gasteiger partial charge in [0.25, 0.3) is 0 Å². The standard InChI is InChI=1S/C49H31N5S/c1-4-14-33(15-5-1)43-45-44(41-24-10-11-25-42(41)55-45)51-46(50-43)36-28-26-32(27-29-36)37-20-12-21-38(30-37)39-22-13-23-40(31-39)49-53-47(34-16-6-2-7-17-34)52-48(54-49)35-18-8-3-9-19-35/h1-31H. The lowest BCUT2D eigenvalue weighted by Crippen LogP contribution is -2.00. The van der Waals surface area contributed by atoms with Crippen molar-refractivity contribution in [1.29, 1.82) is 0 Å². The molecule has 7 aromatic carbocycles. The molecule has 0 aliphatic rings. The Bertz CT molecular complexity index is 2900. The first-order chi connectivity index (χ1) is 27.2. The van der Waals surface area contributed by atoms with Gasteiger partial charge in [0.15, 0.2) is 23.3 Å². The van der Waals surface area contributed by atoms with Crippen LogP contribution in [0, 0.1) is 0 Å². The van der Waals surface area contributed by atoms with Gasteiger partial charge in [0.1, 0.15) is 0 Å². The molecule has 0 amide bonds. The van der Waals surface area contributed by atoms with Crippen molar-refractivity contribution in [2.75, 3.05) is 0 Å². The van der Waals surface area contributed by atoms with E-state index in [1.165, 1.54) is 4.70 Å². The van der Waals surface area contributed by atoms with Crippen LogP contribution in [-0.4, -0.2) is 24.9 Å². The van der Waals surface area contributed by atoms with Crippen LogP contribution in [0.5, 0.6) is 0 Å². The Morgan fingerprint density at radius 1 is 0.291 bits per heavy atom. The Morgan fingerprint density at radius 2 is 0.709 bits per heavy atom. The lowest BCUT2D eigenvalue weighted by molar-refractivity contribution is 1.07. The summed E-state index contributed by atoms with van der Waals surface area (Å²) in [6, 6.07) is 64.6. The molecule has 258 valence electrons. The number of hydrogen-bond donors (Lipinski definition) is 0. The van der Waals surface area contributed by atoms with Gasteiger partial charge in [0.2, 0.25) is 0 Å². The Balaban J connectivity index is 0.993. The molecule has 3 heterocycles. The summed E-state index contributed by atoms with van der Waals surface area (Å²) < 4.78 is 2.32. The van der Waals surface area contributed by atoms with Gasteiger partial charge in [-0.1, -0.05) is 170 Å². The topological polar surface area (TPSA) is 64.5 Å². The molecule has 0 aliphatic heterocycles. The molecule has 0 fully saturated rings. The number of benzene rings is 7. The van der Waals surface area contributed by atoms with E-state index in [9.17, 15) is 0 Å². The van der Waals surface area contributed by atoms with Gasteiger partial charge in [-0.3, -0.25) is 0 Å². The molecule has 10 rings (SSSR count). The van der Waals surface area contributed by atoms with Crippen molar-refractivity contribution in [1.82, 2.24) is 24.9 Å². The highest BCUT2D eigenvalue weighted by molar-refractivity contribution is 7.26. The summed E-state index contributed by atoms with van der Waals surface area (Å²) in [4.78, 5) is 25.1. The molecule has 0 N–H and O–H groups in total. The average molecular weight is 722 g/mol. The number of aromatic nitrogens is 5. The second-order valence-electron chi connectivity index (χ2n) is 13.3. The Morgan fingerprint density at radius 3 is 1.33 bits per heavy atom. The van der Waals surface area contributed by atoms with Crippen molar-refractivity contribution in [3.05, 3.63) is 188 Å². The Labute approximate surface area is 322 Å². The molecule has 0 unspecified atom stereocenters. The first kappa shape index (κ1) is 32.5. The highest BCUT2D eigenvalue weighted by atomic mass is 32.1. The van der Waals surface area contributed by atoms with Crippen LogP contribution in [0.1, 0.15) is 0 Å². The first-order valence-corrected chi connectivity index (χ1v) is 19.0. The number of nitrogens with zero attached hydrogens (tertiary/aromatic N) is 5. The highest BCUT2D eigenvalue weighted by Crippen LogP contribution is 2.39. The smallest absolute Gasteiger partial charge is 0.164 e. The minimum Gasteiger partial charge on any atom is -0.226 e. The van der Waals surface area contributed by atoms with Gasteiger partial charge in [-0.2, -0.15) is 0 Å². The van der Waals surface area contributed by atoms with E-state index in [1.54, 1.807) is 11.3 Å². The van der Waals surface area contributed by atoms with Gasteiger partial charge in [0, 0.05) is 37.9 Å². The van der Waals surface area contributed by atoms with Crippen LogP contribution in [0.25, 0.3) is 99.4 Å². The maximum atomic E-state index is 5.16. The summed E-state index contributed by atoms with van der Waals surface area (Å²) in [6.07, 6.45) is 0. The van der Waals surface area contributed by atoms with Crippen molar-refractivity contribution in [2.24, 2.45) is 0 Å². The number of rotatable bonds is 7. The van der Waals surface area contributed by atoms with E-state index in [-0.39, 0.29) is 0 Å².